The Bertz CT molecular complexity index is 635. The van der Waals surface area contributed by atoms with E-state index in [1.807, 2.05) is 0 Å². The molecule has 1 saturated carbocycles. The number of amides is 1. The van der Waals surface area contributed by atoms with Crippen LogP contribution in [-0.2, 0) is 10.4 Å². The molecular weight excluding hydrogens is 395 g/mol. The van der Waals surface area contributed by atoms with Gasteiger partial charge in [0.2, 0.25) is 5.91 Å². The standard InChI is InChI=1S/C22H34Cl2N2O2/c1-4-26(5-2)13-9-12-22(28,17-10-7-6-8-11-17)18-14-19(23)21(20(24)15-18)25-16(3)27/h14-15,17,28H,4-13H2,1-3H3,(H,25,27). The van der Waals surface area contributed by atoms with Crippen molar-refractivity contribution in [2.24, 2.45) is 5.92 Å². The fourth-order valence-electron chi connectivity index (χ4n) is 4.39. The molecular formula is C22H34Cl2N2O2. The Kier molecular flexibility index (Phi) is 9.07. The number of carbonyl (C=O) groups excluding carboxylic acids is 1. The Morgan fingerprint density at radius 1 is 1.18 bits per heavy atom. The van der Waals surface area contributed by atoms with E-state index in [1.54, 1.807) is 12.1 Å². The first-order chi connectivity index (χ1) is 13.3. The zero-order valence-corrected chi connectivity index (χ0v) is 18.9. The van der Waals surface area contributed by atoms with Gasteiger partial charge in [0.1, 0.15) is 0 Å². The summed E-state index contributed by atoms with van der Waals surface area (Å²) in [6.07, 6.45) is 7.16. The summed E-state index contributed by atoms with van der Waals surface area (Å²) in [5, 5.41) is 15.3. The third kappa shape index (κ3) is 5.85. The molecule has 6 heteroatoms. The van der Waals surface area contributed by atoms with E-state index >= 15 is 0 Å². The van der Waals surface area contributed by atoms with Crippen LogP contribution in [0.15, 0.2) is 12.1 Å². The fourth-order valence-corrected chi connectivity index (χ4v) is 4.98. The highest BCUT2D eigenvalue weighted by atomic mass is 35.5. The van der Waals surface area contributed by atoms with Crippen LogP contribution < -0.4 is 5.32 Å². The van der Waals surface area contributed by atoms with Crippen molar-refractivity contribution in [3.8, 4) is 0 Å². The van der Waals surface area contributed by atoms with Crippen LogP contribution in [0, 0.1) is 5.92 Å². The largest absolute Gasteiger partial charge is 0.385 e. The van der Waals surface area contributed by atoms with Gasteiger partial charge >= 0.3 is 0 Å². The average molecular weight is 429 g/mol. The van der Waals surface area contributed by atoms with Crippen LogP contribution in [0.5, 0.6) is 0 Å². The zero-order valence-electron chi connectivity index (χ0n) is 17.4. The summed E-state index contributed by atoms with van der Waals surface area (Å²) < 4.78 is 0. The molecule has 1 aromatic carbocycles. The predicted octanol–water partition coefficient (Wildman–Crippen LogP) is 5.84. The minimum atomic E-state index is -0.949. The number of halogens is 2. The van der Waals surface area contributed by atoms with Crippen molar-refractivity contribution in [2.45, 2.75) is 71.3 Å². The van der Waals surface area contributed by atoms with E-state index in [4.69, 9.17) is 23.2 Å². The molecule has 1 aromatic rings. The quantitative estimate of drug-likeness (QED) is 0.518. The molecule has 1 unspecified atom stereocenters. The SMILES string of the molecule is CCN(CC)CCCC(O)(c1cc(Cl)c(NC(C)=O)c(Cl)c1)C1CCCCC1. The second-order valence-electron chi connectivity index (χ2n) is 7.89. The van der Waals surface area contributed by atoms with Gasteiger partial charge in [-0.05, 0) is 68.9 Å². The number of hydrogen-bond acceptors (Lipinski definition) is 3. The van der Waals surface area contributed by atoms with Gasteiger partial charge in [0.15, 0.2) is 0 Å². The van der Waals surface area contributed by atoms with E-state index in [9.17, 15) is 9.90 Å². The summed E-state index contributed by atoms with van der Waals surface area (Å²) in [5.41, 5.74) is 0.229. The minimum Gasteiger partial charge on any atom is -0.385 e. The van der Waals surface area contributed by atoms with Gasteiger partial charge in [-0.3, -0.25) is 4.79 Å². The Hall–Kier alpha value is -0.810. The number of hydrogen-bond donors (Lipinski definition) is 2. The number of aliphatic hydroxyl groups is 1. The van der Waals surface area contributed by atoms with E-state index in [1.165, 1.54) is 13.3 Å². The molecule has 0 aliphatic heterocycles. The fraction of sp³-hybridized carbons (Fsp3) is 0.682. The van der Waals surface area contributed by atoms with E-state index in [0.29, 0.717) is 22.2 Å². The van der Waals surface area contributed by atoms with E-state index in [0.717, 1.165) is 57.3 Å². The lowest BCUT2D eigenvalue weighted by Crippen LogP contribution is -2.37. The molecule has 1 aliphatic rings. The van der Waals surface area contributed by atoms with Gasteiger partial charge in [-0.2, -0.15) is 0 Å². The molecule has 1 aliphatic carbocycles. The Morgan fingerprint density at radius 2 is 1.75 bits per heavy atom. The van der Waals surface area contributed by atoms with Gasteiger partial charge in [-0.1, -0.05) is 56.3 Å². The molecule has 2 N–H and O–H groups in total. The van der Waals surface area contributed by atoms with Gasteiger partial charge in [-0.15, -0.1) is 0 Å². The summed E-state index contributed by atoms with van der Waals surface area (Å²) in [6.45, 7) is 8.75. The Balaban J connectivity index is 2.31. The van der Waals surface area contributed by atoms with Crippen molar-refractivity contribution in [3.63, 3.8) is 0 Å². The molecule has 0 saturated heterocycles. The molecule has 0 bridgehead atoms. The van der Waals surface area contributed by atoms with Gasteiger partial charge in [0, 0.05) is 6.92 Å². The molecule has 1 atom stereocenters. The molecule has 0 heterocycles. The van der Waals surface area contributed by atoms with Crippen LogP contribution in [0.25, 0.3) is 0 Å². The smallest absolute Gasteiger partial charge is 0.221 e. The maximum absolute atomic E-state index is 11.9. The zero-order chi connectivity index (χ0) is 20.7. The van der Waals surface area contributed by atoms with Crippen LogP contribution in [0.1, 0.15) is 71.3 Å². The van der Waals surface area contributed by atoms with Crippen LogP contribution in [-0.4, -0.2) is 35.5 Å². The summed E-state index contributed by atoms with van der Waals surface area (Å²) in [6, 6.07) is 3.56. The topological polar surface area (TPSA) is 52.6 Å². The average Bonchev–Trinajstić information content (AvgIpc) is 2.68. The summed E-state index contributed by atoms with van der Waals surface area (Å²) in [7, 11) is 0. The number of anilines is 1. The lowest BCUT2D eigenvalue weighted by Gasteiger charge is -2.40. The van der Waals surface area contributed by atoms with Crippen LogP contribution in [0.3, 0.4) is 0 Å². The molecule has 28 heavy (non-hydrogen) atoms. The van der Waals surface area contributed by atoms with Crippen molar-refractivity contribution in [2.75, 3.05) is 25.0 Å². The lowest BCUT2D eigenvalue weighted by molar-refractivity contribution is -0.114. The normalized spacial score (nSPS) is 17.5. The van der Waals surface area contributed by atoms with Crippen molar-refractivity contribution in [1.82, 2.24) is 4.90 Å². The predicted molar refractivity (Wildman–Crippen MR) is 118 cm³/mol. The first-order valence-corrected chi connectivity index (χ1v) is 11.3. The molecule has 1 fully saturated rings. The monoisotopic (exact) mass is 428 g/mol. The minimum absolute atomic E-state index is 0.205. The maximum atomic E-state index is 11.9. The maximum Gasteiger partial charge on any atom is 0.221 e. The Morgan fingerprint density at radius 3 is 2.25 bits per heavy atom. The second kappa shape index (κ2) is 10.8. The number of nitrogens with zero attached hydrogens (tertiary/aromatic N) is 1. The highest BCUT2D eigenvalue weighted by Crippen LogP contribution is 2.45. The van der Waals surface area contributed by atoms with Crippen molar-refractivity contribution < 1.29 is 9.90 Å². The van der Waals surface area contributed by atoms with E-state index in [-0.39, 0.29) is 11.8 Å². The molecule has 158 valence electrons. The summed E-state index contributed by atoms with van der Waals surface area (Å²) in [5.74, 6) is -0.0185. The Labute approximate surface area is 179 Å². The molecule has 0 spiro atoms. The van der Waals surface area contributed by atoms with E-state index in [2.05, 4.69) is 24.1 Å². The molecule has 1 amide bonds. The second-order valence-corrected chi connectivity index (χ2v) is 8.70. The summed E-state index contributed by atoms with van der Waals surface area (Å²) in [4.78, 5) is 13.8. The number of nitrogens with one attached hydrogen (secondary N) is 1. The highest BCUT2D eigenvalue weighted by Gasteiger charge is 2.39. The van der Waals surface area contributed by atoms with Crippen LogP contribution in [0.4, 0.5) is 5.69 Å². The number of carbonyl (C=O) groups is 1. The molecule has 2 rings (SSSR count). The highest BCUT2D eigenvalue weighted by molar-refractivity contribution is 6.39. The van der Waals surface area contributed by atoms with Crippen LogP contribution >= 0.6 is 23.2 Å². The number of rotatable bonds is 9. The third-order valence-electron chi connectivity index (χ3n) is 6.05. The van der Waals surface area contributed by atoms with Crippen molar-refractivity contribution in [1.29, 1.82) is 0 Å². The molecule has 4 nitrogen and oxygen atoms in total. The van der Waals surface area contributed by atoms with Crippen molar-refractivity contribution in [3.05, 3.63) is 27.7 Å². The van der Waals surface area contributed by atoms with Gasteiger partial charge in [0.25, 0.3) is 0 Å². The van der Waals surface area contributed by atoms with Crippen LogP contribution in [0.2, 0.25) is 10.0 Å². The first kappa shape index (κ1) is 23.5. The molecule has 0 radical (unpaired) electrons. The third-order valence-corrected chi connectivity index (χ3v) is 6.65. The van der Waals surface area contributed by atoms with Gasteiger partial charge in [0.05, 0.1) is 21.3 Å². The van der Waals surface area contributed by atoms with E-state index < -0.39 is 5.60 Å². The lowest BCUT2D eigenvalue weighted by atomic mass is 9.71. The summed E-state index contributed by atoms with van der Waals surface area (Å²) >= 11 is 12.9. The van der Waals surface area contributed by atoms with Gasteiger partial charge < -0.3 is 15.3 Å². The molecule has 0 aromatic heterocycles. The van der Waals surface area contributed by atoms with Gasteiger partial charge in [-0.25, -0.2) is 0 Å². The van der Waals surface area contributed by atoms with Crippen molar-refractivity contribution >= 4 is 34.8 Å². The number of benzene rings is 1. The first-order valence-electron chi connectivity index (χ1n) is 10.5.